The minimum atomic E-state index is -4.41. The van der Waals surface area contributed by atoms with Crippen LogP contribution in [0.1, 0.15) is 18.4 Å². The van der Waals surface area contributed by atoms with Gasteiger partial charge in [0.2, 0.25) is 5.91 Å². The van der Waals surface area contributed by atoms with Crippen molar-refractivity contribution in [3.05, 3.63) is 28.2 Å². The summed E-state index contributed by atoms with van der Waals surface area (Å²) < 4.78 is 38.9. The first-order valence-electron chi connectivity index (χ1n) is 6.26. The Kier molecular flexibility index (Phi) is 4.57. The number of hydrogen-bond donors (Lipinski definition) is 2. The molecule has 3 nitrogen and oxygen atoms in total. The first-order chi connectivity index (χ1) is 9.38. The largest absolute Gasteiger partial charge is 0.418 e. The maximum Gasteiger partial charge on any atom is 0.418 e. The number of anilines is 1. The maximum atomic E-state index is 12.8. The molecule has 1 aromatic carbocycles. The first-order valence-corrected chi connectivity index (χ1v) is 7.05. The van der Waals surface area contributed by atoms with E-state index in [0.717, 1.165) is 18.9 Å². The van der Waals surface area contributed by atoms with Crippen LogP contribution in [-0.2, 0) is 11.0 Å². The molecule has 20 heavy (non-hydrogen) atoms. The Balaban J connectivity index is 1.90. The van der Waals surface area contributed by atoms with Gasteiger partial charge in [-0.3, -0.25) is 4.79 Å². The van der Waals surface area contributed by atoms with Gasteiger partial charge in [-0.1, -0.05) is 15.9 Å². The van der Waals surface area contributed by atoms with Crippen LogP contribution in [0, 0.1) is 5.92 Å². The third-order valence-electron chi connectivity index (χ3n) is 2.97. The summed E-state index contributed by atoms with van der Waals surface area (Å²) in [6, 6.07) is 3.95. The summed E-state index contributed by atoms with van der Waals surface area (Å²) in [5, 5.41) is 5.40. The normalized spacial score (nSPS) is 15.0. The zero-order valence-electron chi connectivity index (χ0n) is 10.6. The molecular weight excluding hydrogens is 337 g/mol. The van der Waals surface area contributed by atoms with Crippen molar-refractivity contribution in [1.29, 1.82) is 0 Å². The van der Waals surface area contributed by atoms with Crippen molar-refractivity contribution >= 4 is 27.5 Å². The molecule has 2 rings (SSSR count). The van der Waals surface area contributed by atoms with Crippen molar-refractivity contribution < 1.29 is 18.0 Å². The lowest BCUT2D eigenvalue weighted by molar-refractivity contribution is -0.137. The van der Waals surface area contributed by atoms with Gasteiger partial charge >= 0.3 is 6.18 Å². The van der Waals surface area contributed by atoms with Gasteiger partial charge in [0, 0.05) is 29.2 Å². The fourth-order valence-corrected chi connectivity index (χ4v) is 2.14. The SMILES string of the molecule is O=C(NCCNc1ccc(Br)cc1C(F)(F)F)C1CC1. The van der Waals surface area contributed by atoms with E-state index in [-0.39, 0.29) is 24.1 Å². The van der Waals surface area contributed by atoms with E-state index >= 15 is 0 Å². The van der Waals surface area contributed by atoms with Gasteiger partial charge in [0.15, 0.2) is 0 Å². The first kappa shape index (κ1) is 15.2. The van der Waals surface area contributed by atoms with E-state index in [2.05, 4.69) is 26.6 Å². The summed E-state index contributed by atoms with van der Waals surface area (Å²) in [6.45, 7) is 0.561. The Morgan fingerprint density at radius 1 is 1.30 bits per heavy atom. The van der Waals surface area contributed by atoms with Crippen LogP contribution < -0.4 is 10.6 Å². The molecule has 0 saturated heterocycles. The van der Waals surface area contributed by atoms with Crippen LogP contribution in [0.15, 0.2) is 22.7 Å². The topological polar surface area (TPSA) is 41.1 Å². The quantitative estimate of drug-likeness (QED) is 0.799. The lowest BCUT2D eigenvalue weighted by Gasteiger charge is -2.15. The number of nitrogens with one attached hydrogen (secondary N) is 2. The molecule has 1 saturated carbocycles. The molecule has 1 amide bonds. The zero-order valence-corrected chi connectivity index (χ0v) is 12.1. The average Bonchev–Trinajstić information content (AvgIpc) is 3.18. The van der Waals surface area contributed by atoms with Crippen molar-refractivity contribution in [3.8, 4) is 0 Å². The standard InChI is InChI=1S/C13H14BrF3N2O/c14-9-3-4-11(10(7-9)13(15,16)17)18-5-6-19-12(20)8-1-2-8/h3-4,7-8,18H,1-2,5-6H2,(H,19,20). The van der Waals surface area contributed by atoms with Crippen LogP contribution in [-0.4, -0.2) is 19.0 Å². The second kappa shape index (κ2) is 6.03. The van der Waals surface area contributed by atoms with Gasteiger partial charge < -0.3 is 10.6 Å². The lowest BCUT2D eigenvalue weighted by Crippen LogP contribution is -2.30. The molecule has 0 aromatic heterocycles. The van der Waals surface area contributed by atoms with E-state index in [9.17, 15) is 18.0 Å². The highest BCUT2D eigenvalue weighted by molar-refractivity contribution is 9.10. The van der Waals surface area contributed by atoms with Crippen LogP contribution in [0.2, 0.25) is 0 Å². The molecule has 0 aliphatic heterocycles. The zero-order chi connectivity index (χ0) is 14.8. The molecule has 0 unspecified atom stereocenters. The summed E-state index contributed by atoms with van der Waals surface area (Å²) in [7, 11) is 0. The molecule has 2 N–H and O–H groups in total. The maximum absolute atomic E-state index is 12.8. The Morgan fingerprint density at radius 3 is 2.60 bits per heavy atom. The lowest BCUT2D eigenvalue weighted by atomic mass is 10.1. The van der Waals surface area contributed by atoms with Crippen molar-refractivity contribution in [1.82, 2.24) is 5.32 Å². The number of carbonyl (C=O) groups excluding carboxylic acids is 1. The second-order valence-electron chi connectivity index (χ2n) is 4.68. The molecule has 0 radical (unpaired) electrons. The van der Waals surface area contributed by atoms with Crippen LogP contribution >= 0.6 is 15.9 Å². The van der Waals surface area contributed by atoms with E-state index < -0.39 is 11.7 Å². The molecular formula is C13H14BrF3N2O. The molecule has 1 aliphatic rings. The van der Waals surface area contributed by atoms with Crippen molar-refractivity contribution in [2.45, 2.75) is 19.0 Å². The molecule has 1 aliphatic carbocycles. The third kappa shape index (κ3) is 4.13. The molecule has 1 fully saturated rings. The van der Waals surface area contributed by atoms with Crippen LogP contribution in [0.25, 0.3) is 0 Å². The van der Waals surface area contributed by atoms with E-state index in [1.165, 1.54) is 6.07 Å². The Labute approximate surface area is 123 Å². The highest BCUT2D eigenvalue weighted by Gasteiger charge is 2.33. The summed E-state index contributed by atoms with van der Waals surface area (Å²) in [5.74, 6) is 0.0899. The van der Waals surface area contributed by atoms with Crippen molar-refractivity contribution in [2.24, 2.45) is 5.92 Å². The number of halogens is 4. The summed E-state index contributed by atoms with van der Waals surface area (Å²) in [4.78, 5) is 11.4. The van der Waals surface area contributed by atoms with Gasteiger partial charge in [-0.25, -0.2) is 0 Å². The van der Waals surface area contributed by atoms with Gasteiger partial charge in [-0.2, -0.15) is 13.2 Å². The minimum Gasteiger partial charge on any atom is -0.383 e. The van der Waals surface area contributed by atoms with Crippen LogP contribution in [0.4, 0.5) is 18.9 Å². The summed E-state index contributed by atoms with van der Waals surface area (Å²) in [6.07, 6.45) is -2.60. The molecule has 110 valence electrons. The highest BCUT2D eigenvalue weighted by Crippen LogP contribution is 2.36. The monoisotopic (exact) mass is 350 g/mol. The predicted molar refractivity (Wildman–Crippen MR) is 73.4 cm³/mol. The van der Waals surface area contributed by atoms with Gasteiger partial charge in [0.1, 0.15) is 0 Å². The fourth-order valence-electron chi connectivity index (χ4n) is 1.78. The molecule has 0 heterocycles. The number of hydrogen-bond acceptors (Lipinski definition) is 2. The van der Waals surface area contributed by atoms with Gasteiger partial charge in [0.25, 0.3) is 0 Å². The number of amides is 1. The Hall–Kier alpha value is -1.24. The number of benzene rings is 1. The van der Waals surface area contributed by atoms with E-state index in [1.807, 2.05) is 0 Å². The van der Waals surface area contributed by atoms with E-state index in [4.69, 9.17) is 0 Å². The second-order valence-corrected chi connectivity index (χ2v) is 5.60. The van der Waals surface area contributed by atoms with Crippen molar-refractivity contribution in [2.75, 3.05) is 18.4 Å². The smallest absolute Gasteiger partial charge is 0.383 e. The molecule has 0 bridgehead atoms. The molecule has 7 heteroatoms. The van der Waals surface area contributed by atoms with Gasteiger partial charge in [-0.05, 0) is 31.0 Å². The third-order valence-corrected chi connectivity index (χ3v) is 3.47. The summed E-state index contributed by atoms with van der Waals surface area (Å²) >= 11 is 3.03. The summed E-state index contributed by atoms with van der Waals surface area (Å²) in [5.41, 5.74) is -0.707. The van der Waals surface area contributed by atoms with Crippen molar-refractivity contribution in [3.63, 3.8) is 0 Å². The molecule has 0 spiro atoms. The number of alkyl halides is 3. The van der Waals surface area contributed by atoms with Crippen LogP contribution in [0.3, 0.4) is 0 Å². The molecule has 0 atom stereocenters. The minimum absolute atomic E-state index is 0.0151. The van der Waals surface area contributed by atoms with Crippen LogP contribution in [0.5, 0.6) is 0 Å². The average molecular weight is 351 g/mol. The van der Waals surface area contributed by atoms with Gasteiger partial charge in [0.05, 0.1) is 5.56 Å². The Morgan fingerprint density at radius 2 is 2.00 bits per heavy atom. The molecule has 1 aromatic rings. The predicted octanol–water partition coefficient (Wildman–Crippen LogP) is 3.41. The highest BCUT2D eigenvalue weighted by atomic mass is 79.9. The van der Waals surface area contributed by atoms with Gasteiger partial charge in [-0.15, -0.1) is 0 Å². The fraction of sp³-hybridized carbons (Fsp3) is 0.462. The number of carbonyl (C=O) groups is 1. The van der Waals surface area contributed by atoms with E-state index in [1.54, 1.807) is 6.07 Å². The number of rotatable bonds is 5. The van der Waals surface area contributed by atoms with E-state index in [0.29, 0.717) is 11.0 Å². The Bertz CT molecular complexity index is 501.